The van der Waals surface area contributed by atoms with Crippen molar-refractivity contribution in [2.45, 2.75) is 24.9 Å². The van der Waals surface area contributed by atoms with Gasteiger partial charge >= 0.3 is 5.97 Å². The molecular formula is C34H29NO5. The minimum Gasteiger partial charge on any atom is -0.493 e. The van der Waals surface area contributed by atoms with E-state index in [1.165, 1.54) is 4.90 Å². The van der Waals surface area contributed by atoms with Gasteiger partial charge in [0.25, 0.3) is 0 Å². The number of amides is 1. The van der Waals surface area contributed by atoms with E-state index in [0.717, 1.165) is 22.3 Å². The van der Waals surface area contributed by atoms with Crippen molar-refractivity contribution >= 4 is 11.9 Å². The van der Waals surface area contributed by atoms with Crippen molar-refractivity contribution in [3.63, 3.8) is 0 Å². The van der Waals surface area contributed by atoms with E-state index in [1.54, 1.807) is 13.2 Å². The summed E-state index contributed by atoms with van der Waals surface area (Å²) < 4.78 is 11.6. The molecule has 0 aliphatic carbocycles. The fraction of sp³-hybridized carbons (Fsp3) is 0.176. The Kier molecular flexibility index (Phi) is 8.13. The predicted molar refractivity (Wildman–Crippen MR) is 152 cm³/mol. The Balaban J connectivity index is 1.47. The lowest BCUT2D eigenvalue weighted by Gasteiger charge is -2.37. The molecule has 0 aromatic heterocycles. The number of aliphatic carboxylic acids is 1. The van der Waals surface area contributed by atoms with Gasteiger partial charge in [-0.25, -0.2) is 4.79 Å². The molecule has 0 saturated heterocycles. The van der Waals surface area contributed by atoms with Crippen molar-refractivity contribution in [1.29, 1.82) is 0 Å². The lowest BCUT2D eigenvalue weighted by Crippen LogP contribution is -2.50. The number of methoxy groups -OCH3 is 1. The lowest BCUT2D eigenvalue weighted by molar-refractivity contribution is -0.151. The van der Waals surface area contributed by atoms with E-state index in [0.29, 0.717) is 17.1 Å². The number of carbonyl (C=O) groups is 2. The van der Waals surface area contributed by atoms with E-state index in [9.17, 15) is 14.7 Å². The predicted octanol–water partition coefficient (Wildman–Crippen LogP) is 5.30. The van der Waals surface area contributed by atoms with Gasteiger partial charge in [0.1, 0.15) is 12.6 Å². The summed E-state index contributed by atoms with van der Waals surface area (Å²) in [5, 5.41) is 10.3. The molecule has 6 nitrogen and oxygen atoms in total. The number of fused-ring (bicyclic) bond motifs is 1. The van der Waals surface area contributed by atoms with Gasteiger partial charge in [-0.3, -0.25) is 4.79 Å². The maximum atomic E-state index is 14.2. The molecule has 0 bridgehead atoms. The number of ether oxygens (including phenoxy) is 2. The molecule has 1 amide bonds. The second kappa shape index (κ2) is 12.2. The summed E-state index contributed by atoms with van der Waals surface area (Å²) in [7, 11) is 1.54. The molecule has 1 heterocycles. The summed E-state index contributed by atoms with van der Waals surface area (Å²) in [6.07, 6.45) is 0.0886. The first-order chi connectivity index (χ1) is 19.6. The average molecular weight is 532 g/mol. The maximum Gasteiger partial charge on any atom is 0.326 e. The Morgan fingerprint density at radius 2 is 1.50 bits per heavy atom. The lowest BCUT2D eigenvalue weighted by atomic mass is 9.87. The monoisotopic (exact) mass is 531 g/mol. The van der Waals surface area contributed by atoms with Crippen LogP contribution in [-0.4, -0.2) is 41.6 Å². The highest BCUT2D eigenvalue weighted by Gasteiger charge is 2.40. The summed E-state index contributed by atoms with van der Waals surface area (Å²) in [6, 6.07) is 31.1. The SMILES string of the molecule is COc1ccc2c(c1OCC#Cc1ccccc1)C[C@@H](C(=O)O)N(C(=O)C(c1ccccc1)c1ccccc1)C2. The Morgan fingerprint density at radius 1 is 0.900 bits per heavy atom. The number of nitrogens with zero attached hydrogens (tertiary/aromatic N) is 1. The van der Waals surface area contributed by atoms with Gasteiger partial charge < -0.3 is 19.5 Å². The molecule has 1 atom stereocenters. The van der Waals surface area contributed by atoms with Crippen LogP contribution in [0.5, 0.6) is 11.5 Å². The number of rotatable bonds is 7. The number of hydrogen-bond donors (Lipinski definition) is 1. The molecule has 0 fully saturated rings. The molecule has 40 heavy (non-hydrogen) atoms. The zero-order valence-corrected chi connectivity index (χ0v) is 22.1. The van der Waals surface area contributed by atoms with Gasteiger partial charge in [0, 0.05) is 24.1 Å². The molecule has 6 heteroatoms. The molecule has 1 aliphatic rings. The zero-order chi connectivity index (χ0) is 27.9. The number of carboxylic acid groups (broad SMARTS) is 1. The summed E-state index contributed by atoms with van der Waals surface area (Å²) in [4.78, 5) is 28.2. The van der Waals surface area contributed by atoms with Crippen molar-refractivity contribution < 1.29 is 24.2 Å². The molecule has 1 N–H and O–H groups in total. The van der Waals surface area contributed by atoms with E-state index in [1.807, 2.05) is 97.1 Å². The van der Waals surface area contributed by atoms with Gasteiger partial charge in [0.05, 0.1) is 13.0 Å². The molecule has 4 aromatic carbocycles. The Morgan fingerprint density at radius 3 is 2.08 bits per heavy atom. The highest BCUT2D eigenvalue weighted by Crippen LogP contribution is 2.39. The minimum absolute atomic E-state index is 0.0886. The average Bonchev–Trinajstić information content (AvgIpc) is 3.00. The zero-order valence-electron chi connectivity index (χ0n) is 22.1. The quantitative estimate of drug-likeness (QED) is 0.328. The fourth-order valence-corrected chi connectivity index (χ4v) is 5.09. The molecular weight excluding hydrogens is 502 g/mol. The van der Waals surface area contributed by atoms with Gasteiger partial charge in [-0.15, -0.1) is 0 Å². The number of benzene rings is 4. The summed E-state index contributed by atoms with van der Waals surface area (Å²) in [5.41, 5.74) is 4.03. The largest absolute Gasteiger partial charge is 0.493 e. The van der Waals surface area contributed by atoms with Crippen LogP contribution in [0.1, 0.15) is 33.7 Å². The molecule has 1 aliphatic heterocycles. The smallest absolute Gasteiger partial charge is 0.326 e. The van der Waals surface area contributed by atoms with E-state index in [-0.39, 0.29) is 25.5 Å². The number of carboxylic acids is 1. The molecule has 4 aromatic rings. The topological polar surface area (TPSA) is 76.1 Å². The normalized spacial score (nSPS) is 14.1. The maximum absolute atomic E-state index is 14.2. The van der Waals surface area contributed by atoms with Crippen LogP contribution >= 0.6 is 0 Å². The Labute approximate surface area is 233 Å². The van der Waals surface area contributed by atoms with E-state index in [2.05, 4.69) is 11.8 Å². The van der Waals surface area contributed by atoms with Crippen LogP contribution in [-0.2, 0) is 22.6 Å². The van der Waals surface area contributed by atoms with Crippen LogP contribution in [0.4, 0.5) is 0 Å². The summed E-state index contributed by atoms with van der Waals surface area (Å²) in [6.45, 7) is 0.240. The first kappa shape index (κ1) is 26.6. The second-order valence-electron chi connectivity index (χ2n) is 9.47. The van der Waals surface area contributed by atoms with Crippen LogP contribution in [0.3, 0.4) is 0 Å². The third-order valence-corrected chi connectivity index (χ3v) is 7.03. The highest BCUT2D eigenvalue weighted by molar-refractivity contribution is 5.91. The number of carbonyl (C=O) groups excluding carboxylic acids is 1. The molecule has 0 spiro atoms. The van der Waals surface area contributed by atoms with Crippen LogP contribution in [0.2, 0.25) is 0 Å². The van der Waals surface area contributed by atoms with Gasteiger partial charge in [0.15, 0.2) is 11.5 Å². The van der Waals surface area contributed by atoms with Crippen LogP contribution in [0, 0.1) is 11.8 Å². The van der Waals surface area contributed by atoms with Crippen molar-refractivity contribution in [1.82, 2.24) is 4.90 Å². The van der Waals surface area contributed by atoms with E-state index >= 15 is 0 Å². The first-order valence-electron chi connectivity index (χ1n) is 13.1. The van der Waals surface area contributed by atoms with Crippen LogP contribution < -0.4 is 9.47 Å². The van der Waals surface area contributed by atoms with E-state index < -0.39 is 17.9 Å². The molecule has 200 valence electrons. The van der Waals surface area contributed by atoms with E-state index in [4.69, 9.17) is 9.47 Å². The standard InChI is InChI=1S/C34H29NO5/c1-39-30-20-19-27-23-35(33(36)31(25-15-7-3-8-16-25)26-17-9-4-10-18-26)29(34(37)38)22-28(27)32(30)40-21-11-14-24-12-5-2-6-13-24/h2-10,12-13,15-20,29,31H,21-23H2,1H3,(H,37,38)/t29-/m0/s1. The molecule has 0 radical (unpaired) electrons. The first-order valence-corrected chi connectivity index (χ1v) is 13.1. The molecule has 5 rings (SSSR count). The van der Waals surface area contributed by atoms with Gasteiger partial charge in [-0.2, -0.15) is 0 Å². The third kappa shape index (κ3) is 5.69. The van der Waals surface area contributed by atoms with Crippen molar-refractivity contribution in [2.75, 3.05) is 13.7 Å². The molecule has 0 saturated carbocycles. The number of hydrogen-bond acceptors (Lipinski definition) is 4. The summed E-state index contributed by atoms with van der Waals surface area (Å²) in [5.74, 6) is 5.07. The van der Waals surface area contributed by atoms with Gasteiger partial charge in [-0.1, -0.05) is 96.8 Å². The molecule has 0 unspecified atom stereocenters. The fourth-order valence-electron chi connectivity index (χ4n) is 5.09. The Hall–Kier alpha value is -5.02. The second-order valence-corrected chi connectivity index (χ2v) is 9.47. The van der Waals surface area contributed by atoms with Crippen molar-refractivity contribution in [3.8, 4) is 23.3 Å². The van der Waals surface area contributed by atoms with Crippen molar-refractivity contribution in [2.24, 2.45) is 0 Å². The highest BCUT2D eigenvalue weighted by atomic mass is 16.5. The van der Waals surface area contributed by atoms with Crippen LogP contribution in [0.25, 0.3) is 0 Å². The Bertz CT molecular complexity index is 1500. The van der Waals surface area contributed by atoms with Gasteiger partial charge in [-0.05, 0) is 34.9 Å². The van der Waals surface area contributed by atoms with Crippen LogP contribution in [0.15, 0.2) is 103 Å². The summed E-state index contributed by atoms with van der Waals surface area (Å²) >= 11 is 0. The van der Waals surface area contributed by atoms with Crippen molar-refractivity contribution in [3.05, 3.63) is 131 Å². The minimum atomic E-state index is -1.07. The van der Waals surface area contributed by atoms with Gasteiger partial charge in [0.2, 0.25) is 5.91 Å². The third-order valence-electron chi connectivity index (χ3n) is 7.03.